The van der Waals surface area contributed by atoms with Crippen molar-refractivity contribution in [2.75, 3.05) is 11.9 Å². The number of nitrogens with one attached hydrogen (secondary N) is 1. The van der Waals surface area contributed by atoms with Crippen LogP contribution in [0, 0.1) is 13.8 Å². The molecule has 1 aromatic rings. The van der Waals surface area contributed by atoms with E-state index in [0.29, 0.717) is 6.54 Å². The van der Waals surface area contributed by atoms with Gasteiger partial charge in [0.05, 0.1) is 11.7 Å². The smallest absolute Gasteiger partial charge is 0.145 e. The molecule has 1 aliphatic rings. The van der Waals surface area contributed by atoms with Crippen molar-refractivity contribution in [1.29, 1.82) is 0 Å². The molecule has 2 rings (SSSR count). The summed E-state index contributed by atoms with van der Waals surface area (Å²) in [5, 5.41) is 3.44. The van der Waals surface area contributed by atoms with E-state index >= 15 is 0 Å². The monoisotopic (exact) mass is 206 g/mol. The summed E-state index contributed by atoms with van der Waals surface area (Å²) in [4.78, 5) is 0. The van der Waals surface area contributed by atoms with Gasteiger partial charge in [0.15, 0.2) is 0 Å². The first-order chi connectivity index (χ1) is 7.11. The Kier molecular flexibility index (Phi) is 2.57. The van der Waals surface area contributed by atoms with Crippen molar-refractivity contribution in [3.05, 3.63) is 23.3 Å². The molecule has 0 aliphatic carbocycles. The van der Waals surface area contributed by atoms with Gasteiger partial charge in [0.2, 0.25) is 0 Å². The van der Waals surface area contributed by atoms with Crippen LogP contribution in [-0.4, -0.2) is 18.7 Å². The van der Waals surface area contributed by atoms with Crippen LogP contribution in [-0.2, 0) is 0 Å². The maximum Gasteiger partial charge on any atom is 0.145 e. The molecule has 1 aliphatic heterocycles. The molecule has 0 bridgehead atoms. The van der Waals surface area contributed by atoms with Crippen molar-refractivity contribution in [2.24, 2.45) is 5.73 Å². The van der Waals surface area contributed by atoms with Gasteiger partial charge < -0.3 is 15.8 Å². The highest BCUT2D eigenvalue weighted by Crippen LogP contribution is 2.35. The summed E-state index contributed by atoms with van der Waals surface area (Å²) in [5.74, 6) is 0.953. The molecular weight excluding hydrogens is 188 g/mol. The molecule has 0 radical (unpaired) electrons. The second-order valence-corrected chi connectivity index (χ2v) is 4.28. The minimum absolute atomic E-state index is 0.0684. The molecule has 1 heterocycles. The Morgan fingerprint density at radius 3 is 2.80 bits per heavy atom. The van der Waals surface area contributed by atoms with Gasteiger partial charge in [-0.25, -0.2) is 0 Å². The number of fused-ring (bicyclic) bond motifs is 1. The lowest BCUT2D eigenvalue weighted by Gasteiger charge is -2.33. The van der Waals surface area contributed by atoms with Crippen LogP contribution in [0.1, 0.15) is 18.1 Å². The molecule has 2 atom stereocenters. The third-order valence-corrected chi connectivity index (χ3v) is 2.86. The van der Waals surface area contributed by atoms with Crippen LogP contribution in [0.4, 0.5) is 5.69 Å². The third kappa shape index (κ3) is 1.79. The minimum Gasteiger partial charge on any atom is -0.485 e. The van der Waals surface area contributed by atoms with Crippen LogP contribution in [0.5, 0.6) is 5.75 Å². The zero-order chi connectivity index (χ0) is 11.0. The highest BCUT2D eigenvalue weighted by molar-refractivity contribution is 5.63. The second kappa shape index (κ2) is 3.74. The minimum atomic E-state index is 0.0684. The maximum atomic E-state index is 5.89. The standard InChI is InChI=1S/C12H18N2O/c1-7-4-8(2)12-10(5-7)14-9(3)11(6-13)15-12/h4-5,9,11,14H,6,13H2,1-3H3. The number of anilines is 1. The fourth-order valence-electron chi connectivity index (χ4n) is 2.06. The molecule has 0 saturated heterocycles. The normalized spacial score (nSPS) is 24.0. The summed E-state index contributed by atoms with van der Waals surface area (Å²) in [6.45, 7) is 6.80. The van der Waals surface area contributed by atoms with Gasteiger partial charge in [-0.15, -0.1) is 0 Å². The Morgan fingerprint density at radius 1 is 1.40 bits per heavy atom. The number of rotatable bonds is 1. The number of nitrogens with two attached hydrogens (primary N) is 1. The largest absolute Gasteiger partial charge is 0.485 e. The Bertz CT molecular complexity index is 376. The summed E-state index contributed by atoms with van der Waals surface area (Å²) in [6, 6.07) is 4.51. The third-order valence-electron chi connectivity index (χ3n) is 2.86. The molecule has 3 N–H and O–H groups in total. The lowest BCUT2D eigenvalue weighted by molar-refractivity contribution is 0.181. The van der Waals surface area contributed by atoms with Gasteiger partial charge in [-0.3, -0.25) is 0 Å². The van der Waals surface area contributed by atoms with Crippen molar-refractivity contribution < 1.29 is 4.74 Å². The van der Waals surface area contributed by atoms with Crippen LogP contribution >= 0.6 is 0 Å². The van der Waals surface area contributed by atoms with Gasteiger partial charge in [0, 0.05) is 6.54 Å². The zero-order valence-corrected chi connectivity index (χ0v) is 9.50. The lowest BCUT2D eigenvalue weighted by atomic mass is 10.0. The fraction of sp³-hybridized carbons (Fsp3) is 0.500. The van der Waals surface area contributed by atoms with Gasteiger partial charge >= 0.3 is 0 Å². The van der Waals surface area contributed by atoms with E-state index in [1.54, 1.807) is 0 Å². The van der Waals surface area contributed by atoms with Crippen LogP contribution in [0.2, 0.25) is 0 Å². The van der Waals surface area contributed by atoms with Gasteiger partial charge in [-0.05, 0) is 38.0 Å². The Morgan fingerprint density at radius 2 is 2.13 bits per heavy atom. The summed E-state index contributed by atoms with van der Waals surface area (Å²) in [6.07, 6.45) is 0.0684. The fourth-order valence-corrected chi connectivity index (χ4v) is 2.06. The topological polar surface area (TPSA) is 47.3 Å². The Labute approximate surface area is 90.6 Å². The number of aryl methyl sites for hydroxylation is 2. The first-order valence-corrected chi connectivity index (χ1v) is 5.36. The molecule has 2 unspecified atom stereocenters. The molecule has 0 aromatic heterocycles. The predicted molar refractivity (Wildman–Crippen MR) is 62.5 cm³/mol. The van der Waals surface area contributed by atoms with E-state index in [2.05, 4.69) is 38.2 Å². The summed E-state index contributed by atoms with van der Waals surface area (Å²) >= 11 is 0. The number of hydrogen-bond donors (Lipinski definition) is 2. The average molecular weight is 206 g/mol. The molecule has 0 fully saturated rings. The predicted octanol–water partition coefficient (Wildman–Crippen LogP) is 1.82. The van der Waals surface area contributed by atoms with Crippen molar-refractivity contribution in [1.82, 2.24) is 0 Å². The highest BCUT2D eigenvalue weighted by Gasteiger charge is 2.26. The summed E-state index contributed by atoms with van der Waals surface area (Å²) in [7, 11) is 0. The lowest BCUT2D eigenvalue weighted by Crippen LogP contribution is -2.44. The van der Waals surface area contributed by atoms with E-state index in [-0.39, 0.29) is 12.1 Å². The second-order valence-electron chi connectivity index (χ2n) is 4.28. The van der Waals surface area contributed by atoms with Gasteiger partial charge in [-0.2, -0.15) is 0 Å². The van der Waals surface area contributed by atoms with Crippen LogP contribution in [0.3, 0.4) is 0 Å². The maximum absolute atomic E-state index is 5.89. The molecule has 82 valence electrons. The molecular formula is C12H18N2O. The summed E-state index contributed by atoms with van der Waals surface area (Å²) in [5.41, 5.74) is 9.17. The van der Waals surface area contributed by atoms with Crippen molar-refractivity contribution >= 4 is 5.69 Å². The quantitative estimate of drug-likeness (QED) is 0.737. The molecule has 0 amide bonds. The molecule has 15 heavy (non-hydrogen) atoms. The Hall–Kier alpha value is -1.22. The van der Waals surface area contributed by atoms with E-state index in [4.69, 9.17) is 10.5 Å². The molecule has 3 nitrogen and oxygen atoms in total. The molecule has 0 spiro atoms. The first-order valence-electron chi connectivity index (χ1n) is 5.36. The van der Waals surface area contributed by atoms with E-state index < -0.39 is 0 Å². The van der Waals surface area contributed by atoms with E-state index in [1.807, 2.05) is 0 Å². The Balaban J connectivity index is 2.40. The molecule has 1 aromatic carbocycles. The SMILES string of the molecule is Cc1cc(C)c2c(c1)NC(C)C(CN)O2. The number of ether oxygens (including phenoxy) is 1. The van der Waals surface area contributed by atoms with Gasteiger partial charge in [0.25, 0.3) is 0 Å². The average Bonchev–Trinajstić information content (AvgIpc) is 2.16. The van der Waals surface area contributed by atoms with E-state index in [1.165, 1.54) is 11.1 Å². The zero-order valence-electron chi connectivity index (χ0n) is 9.50. The van der Waals surface area contributed by atoms with Crippen LogP contribution in [0.25, 0.3) is 0 Å². The number of benzene rings is 1. The van der Waals surface area contributed by atoms with Crippen molar-refractivity contribution in [2.45, 2.75) is 32.9 Å². The van der Waals surface area contributed by atoms with E-state index in [9.17, 15) is 0 Å². The highest BCUT2D eigenvalue weighted by atomic mass is 16.5. The summed E-state index contributed by atoms with van der Waals surface area (Å²) < 4.78 is 5.89. The first kappa shape index (κ1) is 10.3. The van der Waals surface area contributed by atoms with Gasteiger partial charge in [0.1, 0.15) is 11.9 Å². The molecule has 3 heteroatoms. The van der Waals surface area contributed by atoms with E-state index in [0.717, 1.165) is 11.4 Å². The number of hydrogen-bond acceptors (Lipinski definition) is 3. The molecule has 0 saturated carbocycles. The van der Waals surface area contributed by atoms with Crippen LogP contribution in [0.15, 0.2) is 12.1 Å². The van der Waals surface area contributed by atoms with Crippen molar-refractivity contribution in [3.8, 4) is 5.75 Å². The van der Waals surface area contributed by atoms with Crippen molar-refractivity contribution in [3.63, 3.8) is 0 Å². The van der Waals surface area contributed by atoms with Crippen LogP contribution < -0.4 is 15.8 Å². The van der Waals surface area contributed by atoms with Gasteiger partial charge in [-0.1, -0.05) is 6.07 Å².